The number of primary amides is 1. The van der Waals surface area contributed by atoms with Crippen LogP contribution in [0.1, 0.15) is 20.8 Å². The summed E-state index contributed by atoms with van der Waals surface area (Å²) in [7, 11) is -4.96. The van der Waals surface area contributed by atoms with Gasteiger partial charge in [0, 0.05) is 0 Å². The van der Waals surface area contributed by atoms with E-state index in [-0.39, 0.29) is 12.5 Å². The summed E-state index contributed by atoms with van der Waals surface area (Å²) in [5, 5.41) is 2.67. The number of hydrogen-bond acceptors (Lipinski definition) is 6. The van der Waals surface area contributed by atoms with Gasteiger partial charge in [0.05, 0.1) is 0 Å². The maximum atomic E-state index is 14.3. The van der Waals surface area contributed by atoms with E-state index in [1.54, 1.807) is 19.1 Å². The van der Waals surface area contributed by atoms with Crippen molar-refractivity contribution in [3.8, 4) is 0 Å². The monoisotopic (exact) mass is 607 g/mol. The summed E-state index contributed by atoms with van der Waals surface area (Å²) in [6.07, 6.45) is 3.39. The van der Waals surface area contributed by atoms with Crippen LogP contribution < -0.4 is 21.6 Å². The summed E-state index contributed by atoms with van der Waals surface area (Å²) in [6, 6.07) is 25.0. The number of benzene rings is 3. The second-order valence-electron chi connectivity index (χ2n) is 10.6. The zero-order chi connectivity index (χ0) is 30.1. The Bertz CT molecular complexity index is 1550. The minimum atomic E-state index is -4.96. The number of carbonyl (C=O) groups is 2. The molecule has 2 aliphatic heterocycles. The molecule has 5 rings (SSSR count). The summed E-state index contributed by atoms with van der Waals surface area (Å²) in [5.74, 6) is 0.985. The molecular formula is C31H34N3O6PS. The number of carbonyl (C=O) groups excluding carboxylic acids is 2. The third-order valence-corrected chi connectivity index (χ3v) is 14.9. The van der Waals surface area contributed by atoms with Crippen LogP contribution in [0.5, 0.6) is 0 Å². The fourth-order valence-corrected chi connectivity index (χ4v) is 13.5. The molecule has 0 radical (unpaired) electrons. The molecule has 220 valence electrons. The second kappa shape index (κ2) is 11.1. The third-order valence-electron chi connectivity index (χ3n) is 7.77. The number of hydrogen-bond donors (Lipinski definition) is 1. The molecule has 2 bridgehead atoms. The van der Waals surface area contributed by atoms with Gasteiger partial charge in [-0.25, -0.2) is 0 Å². The Balaban J connectivity index is 1.70. The molecule has 3 aromatic rings. The number of rotatable bonds is 10. The Morgan fingerprint density at radius 1 is 0.929 bits per heavy atom. The number of allylic oxidation sites excluding steroid dienone is 1. The maximum absolute atomic E-state index is 14.3. The van der Waals surface area contributed by atoms with Crippen LogP contribution in [0.25, 0.3) is 0 Å². The van der Waals surface area contributed by atoms with Crippen molar-refractivity contribution in [1.82, 2.24) is 9.96 Å². The van der Waals surface area contributed by atoms with Crippen molar-refractivity contribution in [2.24, 2.45) is 11.7 Å². The second-order valence-corrected chi connectivity index (χ2v) is 16.2. The summed E-state index contributed by atoms with van der Waals surface area (Å²) in [4.78, 5) is 26.9. The van der Waals surface area contributed by atoms with E-state index in [0.717, 1.165) is 5.06 Å². The molecule has 0 aliphatic carbocycles. The molecule has 0 unspecified atom stereocenters. The molecule has 2 atom stereocenters. The van der Waals surface area contributed by atoms with Crippen LogP contribution in [-0.2, 0) is 23.4 Å². The standard InChI is InChI=1S/C31H34N3O6PS/c1-4-20-41(24-14-8-5-9-15-24,25-16-10-6-11-17-25,26-18-12-7-13-19-26)40-42(37,38)39-34-29-22-33(31(34)36)28(30(32)35)21-27(29)23(2)3/h4-21,23,28-29H,22H2,1-3H3,(H2,32,35)/b20-4+/t28-,29-/m1/s1. The summed E-state index contributed by atoms with van der Waals surface area (Å²) in [5.41, 5.74) is 6.27. The van der Waals surface area contributed by atoms with Crippen LogP contribution in [0.4, 0.5) is 4.79 Å². The van der Waals surface area contributed by atoms with Gasteiger partial charge < -0.3 is 0 Å². The average molecular weight is 608 g/mol. The molecule has 0 saturated carbocycles. The fourth-order valence-electron chi connectivity index (χ4n) is 5.97. The molecule has 2 aliphatic rings. The van der Waals surface area contributed by atoms with Crippen molar-refractivity contribution in [1.29, 1.82) is 0 Å². The van der Waals surface area contributed by atoms with E-state index in [1.165, 1.54) is 4.90 Å². The van der Waals surface area contributed by atoms with Crippen LogP contribution in [0, 0.1) is 5.92 Å². The molecule has 2 heterocycles. The van der Waals surface area contributed by atoms with E-state index < -0.39 is 41.3 Å². The molecule has 3 amide bonds. The van der Waals surface area contributed by atoms with E-state index in [1.807, 2.05) is 111 Å². The number of nitrogens with zero attached hydrogens (tertiary/aromatic N) is 2. The van der Waals surface area contributed by atoms with Crippen LogP contribution in [0.2, 0.25) is 0 Å². The first-order chi connectivity index (χ1) is 20.0. The van der Waals surface area contributed by atoms with Crippen LogP contribution in [0.3, 0.4) is 0 Å². The number of amides is 3. The van der Waals surface area contributed by atoms with E-state index in [9.17, 15) is 18.0 Å². The van der Waals surface area contributed by atoms with Gasteiger partial charge in [0.25, 0.3) is 0 Å². The van der Waals surface area contributed by atoms with Gasteiger partial charge in [0.15, 0.2) is 0 Å². The van der Waals surface area contributed by atoms with Gasteiger partial charge in [-0.15, -0.1) is 0 Å². The van der Waals surface area contributed by atoms with E-state index in [4.69, 9.17) is 14.0 Å². The Hall–Kier alpha value is -3.82. The van der Waals surface area contributed by atoms with Crippen molar-refractivity contribution in [3.05, 3.63) is 115 Å². The summed E-state index contributed by atoms with van der Waals surface area (Å²) in [6.45, 7) is 1.17. The van der Waals surface area contributed by atoms with Gasteiger partial charge in [-0.05, 0) is 0 Å². The first-order valence-corrected chi connectivity index (χ1v) is 17.2. The van der Waals surface area contributed by atoms with E-state index in [0.29, 0.717) is 21.5 Å². The van der Waals surface area contributed by atoms with Crippen LogP contribution in [-0.4, -0.2) is 48.9 Å². The predicted octanol–water partition coefficient (Wildman–Crippen LogP) is 3.71. The molecule has 0 aromatic heterocycles. The quantitative estimate of drug-likeness (QED) is 0.277. The Morgan fingerprint density at radius 2 is 1.40 bits per heavy atom. The van der Waals surface area contributed by atoms with Crippen molar-refractivity contribution < 1.29 is 26.3 Å². The normalized spacial score (nSPS) is 20.0. The molecule has 1 fully saturated rings. The number of hydroxylamine groups is 2. The SMILES string of the molecule is C/C=C/P(OS(=O)(=O)ON1C(=O)N2C[C@@H]1C(C(C)C)=C[C@@H]2C(N)=O)(c1ccccc1)(c1ccccc1)c1ccccc1. The van der Waals surface area contributed by atoms with Gasteiger partial charge in [-0.1, -0.05) is 0 Å². The molecule has 42 heavy (non-hydrogen) atoms. The number of urea groups is 1. The van der Waals surface area contributed by atoms with Crippen LogP contribution in [0.15, 0.2) is 115 Å². The Kier molecular flexibility index (Phi) is 7.85. The van der Waals surface area contributed by atoms with Crippen molar-refractivity contribution in [2.45, 2.75) is 32.9 Å². The zero-order valence-electron chi connectivity index (χ0n) is 23.6. The molecule has 3 aromatic carbocycles. The van der Waals surface area contributed by atoms with E-state index >= 15 is 0 Å². The molecule has 1 saturated heterocycles. The summed E-state index contributed by atoms with van der Waals surface area (Å²) < 4.78 is 40.7. The molecule has 0 spiro atoms. The molecular weight excluding hydrogens is 573 g/mol. The number of nitrogens with two attached hydrogens (primary N) is 1. The van der Waals surface area contributed by atoms with Gasteiger partial charge in [-0.3, -0.25) is 0 Å². The average Bonchev–Trinajstić information content (AvgIpc) is 3.23. The van der Waals surface area contributed by atoms with Gasteiger partial charge in [0.1, 0.15) is 0 Å². The topological polar surface area (TPSA) is 119 Å². The van der Waals surface area contributed by atoms with Gasteiger partial charge >= 0.3 is 247 Å². The van der Waals surface area contributed by atoms with Crippen molar-refractivity contribution in [2.75, 3.05) is 6.54 Å². The molecule has 11 heteroatoms. The van der Waals surface area contributed by atoms with Gasteiger partial charge in [0.2, 0.25) is 0 Å². The predicted molar refractivity (Wildman–Crippen MR) is 165 cm³/mol. The third kappa shape index (κ3) is 4.74. The van der Waals surface area contributed by atoms with E-state index in [2.05, 4.69) is 0 Å². The zero-order valence-corrected chi connectivity index (χ0v) is 25.3. The first-order valence-electron chi connectivity index (χ1n) is 13.6. The molecule has 9 nitrogen and oxygen atoms in total. The Labute approximate surface area is 246 Å². The van der Waals surface area contributed by atoms with Crippen LogP contribution >= 0.6 is 6.83 Å². The van der Waals surface area contributed by atoms with Crippen molar-refractivity contribution in [3.63, 3.8) is 0 Å². The Morgan fingerprint density at radius 3 is 1.81 bits per heavy atom. The fraction of sp³-hybridized carbons (Fsp3) is 0.226. The summed E-state index contributed by atoms with van der Waals surface area (Å²) >= 11 is 0. The number of fused-ring (bicyclic) bond motifs is 2. The first kappa shape index (κ1) is 29.7. The van der Waals surface area contributed by atoms with Gasteiger partial charge in [-0.2, -0.15) is 0 Å². The minimum absolute atomic E-state index is 0.0560. The molecule has 2 N–H and O–H groups in total. The van der Waals surface area contributed by atoms with Crippen molar-refractivity contribution >= 4 is 45.1 Å².